The zero-order valence-corrected chi connectivity index (χ0v) is 8.56. The summed E-state index contributed by atoms with van der Waals surface area (Å²) in [6.45, 7) is 0. The van der Waals surface area contributed by atoms with Crippen molar-refractivity contribution in [1.29, 1.82) is 0 Å². The maximum Gasteiger partial charge on any atom is 0.307 e. The molecule has 1 heterocycles. The molecule has 2 rings (SSSR count). The number of allylic oxidation sites excluding steroid dienone is 3. The number of amides is 1. The Morgan fingerprint density at radius 1 is 1.67 bits per heavy atom. The molecule has 0 aromatic carbocycles. The topological polar surface area (TPSA) is 57.6 Å². The molecule has 1 N–H and O–H groups in total. The number of hydrogen-bond donors (Lipinski definition) is 1. The predicted molar refractivity (Wildman–Crippen MR) is 53.9 cm³/mol. The van der Waals surface area contributed by atoms with Crippen LogP contribution in [0.15, 0.2) is 23.4 Å². The van der Waals surface area contributed by atoms with Gasteiger partial charge in [0.25, 0.3) is 0 Å². The number of carbonyl (C=O) groups excluding carboxylic acids is 1. The van der Waals surface area contributed by atoms with Gasteiger partial charge >= 0.3 is 5.97 Å². The van der Waals surface area contributed by atoms with E-state index in [9.17, 15) is 9.59 Å². The maximum atomic E-state index is 11.4. The second-order valence-corrected chi connectivity index (χ2v) is 4.01. The van der Waals surface area contributed by atoms with E-state index in [-0.39, 0.29) is 18.2 Å². The van der Waals surface area contributed by atoms with Crippen LogP contribution in [0.25, 0.3) is 0 Å². The highest BCUT2D eigenvalue weighted by atomic mass is 16.4. The van der Waals surface area contributed by atoms with Crippen LogP contribution >= 0.6 is 0 Å². The molecular formula is C11H13NO3. The Hall–Kier alpha value is -1.58. The van der Waals surface area contributed by atoms with Crippen molar-refractivity contribution in [2.45, 2.75) is 19.3 Å². The van der Waals surface area contributed by atoms with Crippen molar-refractivity contribution in [2.24, 2.45) is 5.92 Å². The van der Waals surface area contributed by atoms with E-state index in [4.69, 9.17) is 5.11 Å². The molecule has 1 aliphatic carbocycles. The molecule has 4 nitrogen and oxygen atoms in total. The third kappa shape index (κ3) is 1.79. The average molecular weight is 207 g/mol. The van der Waals surface area contributed by atoms with Crippen molar-refractivity contribution < 1.29 is 14.7 Å². The fourth-order valence-electron chi connectivity index (χ4n) is 2.13. The van der Waals surface area contributed by atoms with Gasteiger partial charge in [-0.3, -0.25) is 9.59 Å². The molecule has 1 fully saturated rings. The summed E-state index contributed by atoms with van der Waals surface area (Å²) in [7, 11) is 1.75. The highest BCUT2D eigenvalue weighted by Gasteiger charge is 2.33. The summed E-state index contributed by atoms with van der Waals surface area (Å²) < 4.78 is 0. The zero-order chi connectivity index (χ0) is 11.0. The second kappa shape index (κ2) is 3.53. The Bertz CT molecular complexity index is 381. The van der Waals surface area contributed by atoms with Crippen LogP contribution < -0.4 is 0 Å². The molecule has 1 unspecified atom stereocenters. The first kappa shape index (κ1) is 9.96. The lowest BCUT2D eigenvalue weighted by atomic mass is 9.92. The van der Waals surface area contributed by atoms with Gasteiger partial charge in [-0.1, -0.05) is 6.08 Å². The second-order valence-electron chi connectivity index (χ2n) is 4.01. The van der Waals surface area contributed by atoms with Crippen molar-refractivity contribution in [3.63, 3.8) is 0 Å². The highest BCUT2D eigenvalue weighted by Crippen LogP contribution is 2.35. The minimum absolute atomic E-state index is 0.0399. The van der Waals surface area contributed by atoms with E-state index in [2.05, 4.69) is 0 Å². The van der Waals surface area contributed by atoms with Gasteiger partial charge in [-0.2, -0.15) is 0 Å². The Morgan fingerprint density at radius 3 is 3.07 bits per heavy atom. The summed E-state index contributed by atoms with van der Waals surface area (Å²) in [6.07, 6.45) is 5.14. The summed E-state index contributed by atoms with van der Waals surface area (Å²) in [4.78, 5) is 23.6. The van der Waals surface area contributed by atoms with Crippen LogP contribution in [0.1, 0.15) is 19.3 Å². The summed E-state index contributed by atoms with van der Waals surface area (Å²) in [5.41, 5.74) is 1.77. The van der Waals surface area contributed by atoms with Crippen molar-refractivity contribution in [3.8, 4) is 0 Å². The number of aliphatic carboxylic acids is 1. The van der Waals surface area contributed by atoms with Gasteiger partial charge in [0.15, 0.2) is 0 Å². The maximum absolute atomic E-state index is 11.4. The van der Waals surface area contributed by atoms with Crippen molar-refractivity contribution in [1.82, 2.24) is 4.90 Å². The van der Waals surface area contributed by atoms with Crippen LogP contribution in [0.2, 0.25) is 0 Å². The van der Waals surface area contributed by atoms with Crippen LogP contribution in [0, 0.1) is 5.92 Å². The quantitative estimate of drug-likeness (QED) is 0.739. The molecule has 0 radical (unpaired) electrons. The molecule has 0 saturated carbocycles. The average Bonchev–Trinajstić information content (AvgIpc) is 2.43. The Morgan fingerprint density at radius 2 is 2.40 bits per heavy atom. The van der Waals surface area contributed by atoms with Crippen molar-refractivity contribution in [3.05, 3.63) is 23.4 Å². The lowest BCUT2D eigenvalue weighted by molar-refractivity contribution is -0.136. The molecule has 80 valence electrons. The van der Waals surface area contributed by atoms with Gasteiger partial charge in [-0.05, 0) is 18.1 Å². The van der Waals surface area contributed by atoms with E-state index < -0.39 is 5.97 Å². The van der Waals surface area contributed by atoms with E-state index >= 15 is 0 Å². The summed E-state index contributed by atoms with van der Waals surface area (Å²) in [6, 6.07) is 0. The molecule has 0 aromatic rings. The van der Waals surface area contributed by atoms with Crippen LogP contribution in [0.5, 0.6) is 0 Å². The number of carboxylic acid groups (broad SMARTS) is 1. The van der Waals surface area contributed by atoms with Gasteiger partial charge in [-0.25, -0.2) is 0 Å². The number of fused-ring (bicyclic) bond motifs is 1. The molecule has 0 bridgehead atoms. The van der Waals surface area contributed by atoms with Gasteiger partial charge in [0.1, 0.15) is 0 Å². The lowest BCUT2D eigenvalue weighted by Gasteiger charge is -2.19. The van der Waals surface area contributed by atoms with E-state index in [1.165, 1.54) is 0 Å². The Kier molecular flexibility index (Phi) is 2.34. The van der Waals surface area contributed by atoms with Crippen molar-refractivity contribution in [2.75, 3.05) is 7.05 Å². The molecule has 1 aliphatic heterocycles. The minimum atomic E-state index is -0.830. The normalized spacial score (nSPS) is 24.7. The van der Waals surface area contributed by atoms with E-state index in [1.807, 2.05) is 12.2 Å². The summed E-state index contributed by atoms with van der Waals surface area (Å²) in [5, 5.41) is 8.67. The van der Waals surface area contributed by atoms with Gasteiger partial charge in [0.2, 0.25) is 5.91 Å². The number of likely N-dealkylation sites (tertiary alicyclic amines) is 1. The molecular weight excluding hydrogens is 194 g/mol. The fraction of sp³-hybridized carbons (Fsp3) is 0.455. The number of carbonyl (C=O) groups is 2. The third-order valence-electron chi connectivity index (χ3n) is 2.95. The predicted octanol–water partition coefficient (Wildman–Crippen LogP) is 1.15. The fourth-order valence-corrected chi connectivity index (χ4v) is 2.13. The van der Waals surface area contributed by atoms with E-state index in [0.717, 1.165) is 17.7 Å². The molecule has 4 heteroatoms. The zero-order valence-electron chi connectivity index (χ0n) is 8.56. The molecule has 1 atom stereocenters. The largest absolute Gasteiger partial charge is 0.481 e. The number of rotatable bonds is 2. The number of nitrogens with zero attached hydrogens (tertiary/aromatic N) is 1. The molecule has 1 saturated heterocycles. The molecule has 0 aromatic heterocycles. The van der Waals surface area contributed by atoms with Crippen LogP contribution in [-0.2, 0) is 9.59 Å². The minimum Gasteiger partial charge on any atom is -0.481 e. The third-order valence-corrected chi connectivity index (χ3v) is 2.95. The van der Waals surface area contributed by atoms with Gasteiger partial charge in [0, 0.05) is 25.1 Å². The van der Waals surface area contributed by atoms with E-state index in [0.29, 0.717) is 6.42 Å². The molecule has 0 spiro atoms. The Balaban J connectivity index is 2.19. The monoisotopic (exact) mass is 207 g/mol. The van der Waals surface area contributed by atoms with Gasteiger partial charge < -0.3 is 10.0 Å². The SMILES string of the molecule is CN1C(=O)CC2CC=C(CC(=O)O)C=C21. The summed E-state index contributed by atoms with van der Waals surface area (Å²) >= 11 is 0. The smallest absolute Gasteiger partial charge is 0.307 e. The molecule has 15 heavy (non-hydrogen) atoms. The first-order chi connectivity index (χ1) is 7.08. The number of carboxylic acids is 1. The van der Waals surface area contributed by atoms with Crippen LogP contribution in [-0.4, -0.2) is 28.9 Å². The standard InChI is InChI=1S/C11H13NO3/c1-12-9-4-7(5-11(14)15)2-3-8(9)6-10(12)13/h2,4,8H,3,5-6H2,1H3,(H,14,15). The highest BCUT2D eigenvalue weighted by molar-refractivity contribution is 5.82. The number of hydrogen-bond acceptors (Lipinski definition) is 2. The van der Waals surface area contributed by atoms with Crippen molar-refractivity contribution >= 4 is 11.9 Å². The van der Waals surface area contributed by atoms with Crippen LogP contribution in [0.3, 0.4) is 0 Å². The molecule has 2 aliphatic rings. The Labute approximate surface area is 87.9 Å². The van der Waals surface area contributed by atoms with Gasteiger partial charge in [0.05, 0.1) is 6.42 Å². The van der Waals surface area contributed by atoms with Gasteiger partial charge in [-0.15, -0.1) is 0 Å². The first-order valence-electron chi connectivity index (χ1n) is 4.97. The summed E-state index contributed by atoms with van der Waals surface area (Å²) in [5.74, 6) is -0.445. The molecule has 1 amide bonds. The van der Waals surface area contributed by atoms with E-state index in [1.54, 1.807) is 11.9 Å². The lowest BCUT2D eigenvalue weighted by Crippen LogP contribution is -2.18. The first-order valence-corrected chi connectivity index (χ1v) is 4.97. The van der Waals surface area contributed by atoms with Crippen LogP contribution in [0.4, 0.5) is 0 Å².